The van der Waals surface area contributed by atoms with Crippen molar-refractivity contribution in [1.82, 2.24) is 15.1 Å². The zero-order chi connectivity index (χ0) is 18.5. The molecule has 148 valence electrons. The number of amides is 2. The number of rotatable bonds is 6. The second-order valence-corrected chi connectivity index (χ2v) is 9.09. The fourth-order valence-corrected chi connectivity index (χ4v) is 5.29. The summed E-state index contributed by atoms with van der Waals surface area (Å²) in [6.45, 7) is 9.46. The van der Waals surface area contributed by atoms with E-state index in [-0.39, 0.29) is 17.7 Å². The molecule has 0 radical (unpaired) electrons. The lowest BCUT2D eigenvalue weighted by molar-refractivity contribution is -0.130. The van der Waals surface area contributed by atoms with Crippen LogP contribution in [-0.4, -0.2) is 60.4 Å². The molecule has 3 unspecified atom stereocenters. The maximum absolute atomic E-state index is 12.5. The Bertz CT molecular complexity index is 480. The molecule has 2 saturated heterocycles. The number of nitrogens with zero attached hydrogens (tertiary/aromatic N) is 2. The largest absolute Gasteiger partial charge is 0.356 e. The predicted octanol–water partition coefficient (Wildman–Crippen LogP) is 2.65. The van der Waals surface area contributed by atoms with E-state index in [0.29, 0.717) is 19.0 Å². The molecule has 2 aliphatic heterocycles. The molecule has 2 heterocycles. The molecule has 0 spiro atoms. The van der Waals surface area contributed by atoms with Gasteiger partial charge in [0.2, 0.25) is 11.8 Å². The Morgan fingerprint density at radius 2 is 1.77 bits per heavy atom. The molecule has 5 nitrogen and oxygen atoms in total. The molecule has 1 N–H and O–H groups in total. The first-order valence-electron chi connectivity index (χ1n) is 10.8. The van der Waals surface area contributed by atoms with Crippen LogP contribution in [0.4, 0.5) is 0 Å². The van der Waals surface area contributed by atoms with Gasteiger partial charge >= 0.3 is 0 Å². The van der Waals surface area contributed by atoms with Gasteiger partial charge in [-0.15, -0.1) is 0 Å². The minimum atomic E-state index is -0.139. The monoisotopic (exact) mass is 363 g/mol. The van der Waals surface area contributed by atoms with E-state index in [4.69, 9.17) is 0 Å². The van der Waals surface area contributed by atoms with Crippen LogP contribution in [0.2, 0.25) is 0 Å². The summed E-state index contributed by atoms with van der Waals surface area (Å²) >= 11 is 0. The SMILES string of the molecule is CC1CC(C)CN(CCCNC(=O)C2CC(=O)N(C3CCCCC3)C2)C1. The van der Waals surface area contributed by atoms with Crippen LogP contribution in [0, 0.1) is 17.8 Å². The first-order chi connectivity index (χ1) is 12.5. The van der Waals surface area contributed by atoms with E-state index in [2.05, 4.69) is 24.1 Å². The third kappa shape index (κ3) is 5.21. The highest BCUT2D eigenvalue weighted by Crippen LogP contribution is 2.28. The lowest BCUT2D eigenvalue weighted by Crippen LogP contribution is -2.41. The molecule has 1 saturated carbocycles. The van der Waals surface area contributed by atoms with Crippen molar-refractivity contribution in [2.45, 2.75) is 71.3 Å². The predicted molar refractivity (Wildman–Crippen MR) is 104 cm³/mol. The normalized spacial score (nSPS) is 31.4. The first kappa shape index (κ1) is 19.7. The Balaban J connectivity index is 1.35. The molecular weight excluding hydrogens is 326 g/mol. The standard InChI is InChI=1S/C21H37N3O2/c1-16-11-17(2)14-23(13-16)10-6-9-22-21(26)18-12-20(25)24(15-18)19-7-4-3-5-8-19/h16-19H,3-15H2,1-2H3,(H,22,26). The Morgan fingerprint density at radius 3 is 2.46 bits per heavy atom. The molecule has 0 aromatic rings. The number of carbonyl (C=O) groups is 2. The summed E-state index contributed by atoms with van der Waals surface area (Å²) in [6.07, 6.45) is 8.71. The number of hydrogen-bond acceptors (Lipinski definition) is 3. The molecule has 26 heavy (non-hydrogen) atoms. The van der Waals surface area contributed by atoms with Gasteiger partial charge in [0, 0.05) is 38.6 Å². The Morgan fingerprint density at radius 1 is 1.08 bits per heavy atom. The summed E-state index contributed by atoms with van der Waals surface area (Å²) in [5.41, 5.74) is 0. The van der Waals surface area contributed by atoms with Gasteiger partial charge in [-0.05, 0) is 44.1 Å². The molecule has 2 amide bonds. The summed E-state index contributed by atoms with van der Waals surface area (Å²) in [4.78, 5) is 29.3. The number of likely N-dealkylation sites (tertiary alicyclic amines) is 2. The molecule has 0 aromatic carbocycles. The summed E-state index contributed by atoms with van der Waals surface area (Å²) < 4.78 is 0. The second kappa shape index (κ2) is 9.20. The lowest BCUT2D eigenvalue weighted by atomic mass is 9.92. The fourth-order valence-electron chi connectivity index (χ4n) is 5.29. The van der Waals surface area contributed by atoms with Crippen molar-refractivity contribution in [3.63, 3.8) is 0 Å². The van der Waals surface area contributed by atoms with Gasteiger partial charge in [-0.1, -0.05) is 33.1 Å². The zero-order valence-electron chi connectivity index (χ0n) is 16.7. The van der Waals surface area contributed by atoms with Crippen molar-refractivity contribution in [3.05, 3.63) is 0 Å². The van der Waals surface area contributed by atoms with Crippen LogP contribution in [0.1, 0.15) is 65.2 Å². The van der Waals surface area contributed by atoms with Crippen LogP contribution in [0.3, 0.4) is 0 Å². The minimum absolute atomic E-state index is 0.0806. The van der Waals surface area contributed by atoms with Crippen LogP contribution >= 0.6 is 0 Å². The molecule has 3 rings (SSSR count). The highest BCUT2D eigenvalue weighted by atomic mass is 16.2. The first-order valence-corrected chi connectivity index (χ1v) is 10.8. The van der Waals surface area contributed by atoms with Gasteiger partial charge in [0.15, 0.2) is 0 Å². The Labute approximate surface area is 158 Å². The van der Waals surface area contributed by atoms with Crippen molar-refractivity contribution in [1.29, 1.82) is 0 Å². The highest BCUT2D eigenvalue weighted by molar-refractivity contribution is 5.89. The molecule has 3 fully saturated rings. The smallest absolute Gasteiger partial charge is 0.225 e. The van der Waals surface area contributed by atoms with Gasteiger partial charge in [-0.3, -0.25) is 9.59 Å². The average molecular weight is 364 g/mol. The van der Waals surface area contributed by atoms with Gasteiger partial charge < -0.3 is 15.1 Å². The van der Waals surface area contributed by atoms with Crippen LogP contribution in [-0.2, 0) is 9.59 Å². The maximum Gasteiger partial charge on any atom is 0.225 e. The molecule has 0 aromatic heterocycles. The minimum Gasteiger partial charge on any atom is -0.356 e. The summed E-state index contributed by atoms with van der Waals surface area (Å²) in [5, 5.41) is 3.09. The number of carbonyl (C=O) groups excluding carboxylic acids is 2. The van der Waals surface area contributed by atoms with E-state index in [1.165, 1.54) is 38.8 Å². The van der Waals surface area contributed by atoms with Gasteiger partial charge in [0.05, 0.1) is 5.92 Å². The third-order valence-electron chi connectivity index (χ3n) is 6.44. The Hall–Kier alpha value is -1.10. The van der Waals surface area contributed by atoms with Gasteiger partial charge in [0.1, 0.15) is 0 Å². The van der Waals surface area contributed by atoms with E-state index in [0.717, 1.165) is 44.2 Å². The number of hydrogen-bond donors (Lipinski definition) is 1. The summed E-state index contributed by atoms with van der Waals surface area (Å²) in [5.74, 6) is 1.69. The van der Waals surface area contributed by atoms with Crippen molar-refractivity contribution < 1.29 is 9.59 Å². The van der Waals surface area contributed by atoms with Gasteiger partial charge in [-0.2, -0.15) is 0 Å². The van der Waals surface area contributed by atoms with Crippen molar-refractivity contribution in [3.8, 4) is 0 Å². The quantitative estimate of drug-likeness (QED) is 0.738. The van der Waals surface area contributed by atoms with Crippen LogP contribution < -0.4 is 5.32 Å². The second-order valence-electron chi connectivity index (χ2n) is 9.09. The molecule has 5 heteroatoms. The van der Waals surface area contributed by atoms with Gasteiger partial charge in [0.25, 0.3) is 0 Å². The average Bonchev–Trinajstić information content (AvgIpc) is 3.00. The molecule has 0 bridgehead atoms. The molecular formula is C21H37N3O2. The van der Waals surface area contributed by atoms with Crippen molar-refractivity contribution >= 4 is 11.8 Å². The maximum atomic E-state index is 12.5. The van der Waals surface area contributed by atoms with E-state index in [9.17, 15) is 9.59 Å². The van der Waals surface area contributed by atoms with Crippen LogP contribution in [0.15, 0.2) is 0 Å². The van der Waals surface area contributed by atoms with Crippen LogP contribution in [0.25, 0.3) is 0 Å². The summed E-state index contributed by atoms with van der Waals surface area (Å²) in [6, 6.07) is 0.386. The molecule has 3 aliphatic rings. The summed E-state index contributed by atoms with van der Waals surface area (Å²) in [7, 11) is 0. The number of piperidine rings is 1. The highest BCUT2D eigenvalue weighted by Gasteiger charge is 2.37. The zero-order valence-corrected chi connectivity index (χ0v) is 16.7. The van der Waals surface area contributed by atoms with E-state index < -0.39 is 0 Å². The fraction of sp³-hybridized carbons (Fsp3) is 0.905. The van der Waals surface area contributed by atoms with Crippen LogP contribution in [0.5, 0.6) is 0 Å². The number of nitrogens with one attached hydrogen (secondary N) is 1. The van der Waals surface area contributed by atoms with Crippen molar-refractivity contribution in [2.75, 3.05) is 32.7 Å². The van der Waals surface area contributed by atoms with E-state index in [1.807, 2.05) is 4.90 Å². The van der Waals surface area contributed by atoms with Gasteiger partial charge in [-0.25, -0.2) is 0 Å². The Kier molecular flexibility index (Phi) is 6.96. The third-order valence-corrected chi connectivity index (χ3v) is 6.44. The van der Waals surface area contributed by atoms with E-state index >= 15 is 0 Å². The topological polar surface area (TPSA) is 52.7 Å². The lowest BCUT2D eigenvalue weighted by Gasteiger charge is -2.35. The molecule has 3 atom stereocenters. The van der Waals surface area contributed by atoms with E-state index in [1.54, 1.807) is 0 Å². The molecule has 1 aliphatic carbocycles. The van der Waals surface area contributed by atoms with Crippen molar-refractivity contribution in [2.24, 2.45) is 17.8 Å².